The summed E-state index contributed by atoms with van der Waals surface area (Å²) >= 11 is 0. The molecule has 314 valence electrons. The smallest absolute Gasteiger partial charge is 0.318 e. The lowest BCUT2D eigenvalue weighted by Crippen LogP contribution is -2.65. The van der Waals surface area contributed by atoms with Gasteiger partial charge in [-0.2, -0.15) is 0 Å². The number of fused-ring (bicyclic) bond motifs is 6. The molecule has 0 aromatic heterocycles. The predicted molar refractivity (Wildman–Crippen MR) is 198 cm³/mol. The number of aliphatic hydroxyl groups excluding tert-OH is 8. The van der Waals surface area contributed by atoms with Gasteiger partial charge >= 0.3 is 5.97 Å². The van der Waals surface area contributed by atoms with E-state index in [0.29, 0.717) is 24.7 Å². The van der Waals surface area contributed by atoms with Gasteiger partial charge in [0.25, 0.3) is 0 Å². The first-order valence-corrected chi connectivity index (χ1v) is 20.8. The van der Waals surface area contributed by atoms with Crippen molar-refractivity contribution >= 4 is 5.97 Å². The van der Waals surface area contributed by atoms with E-state index >= 15 is 0 Å². The third-order valence-electron chi connectivity index (χ3n) is 17.1. The Kier molecular flexibility index (Phi) is 10.8. The molecule has 0 unspecified atom stereocenters. The summed E-state index contributed by atoms with van der Waals surface area (Å²) in [4.78, 5) is 14.5. The number of esters is 1. The molecule has 0 radical (unpaired) electrons. The molecule has 2 aliphatic heterocycles. The standard InChI is InChI=1S/C42H68O13/c1-37(2)14-16-42(36(51)55-35-33(50)31(48)29(46)24(20-44)53-35)17-15-40(6)21(22(42)18-37)8-9-26-39(5)12-11-27(38(3,4)25(39)10-13-41(26,40)7)54-34-32(49)30(47)28(45)23(19-43)52-34/h23-35,43-50H,8-20H2,1-7H3/t23-,24-,25+,26-,27+,28-,29-,30+,31+,32-,33-,34+,35+,39+,40-,41-,42+/m1/s1. The minimum atomic E-state index is -1.66. The quantitative estimate of drug-likeness (QED) is 0.111. The summed E-state index contributed by atoms with van der Waals surface area (Å²) in [6, 6.07) is 0. The van der Waals surface area contributed by atoms with Gasteiger partial charge in [0.1, 0.15) is 48.8 Å². The van der Waals surface area contributed by atoms with Crippen molar-refractivity contribution < 1.29 is 64.6 Å². The van der Waals surface area contributed by atoms with Crippen molar-refractivity contribution in [2.75, 3.05) is 13.2 Å². The Bertz CT molecular complexity index is 1490. The number of rotatable bonds is 6. The van der Waals surface area contributed by atoms with E-state index in [1.165, 1.54) is 5.57 Å². The van der Waals surface area contributed by atoms with Crippen LogP contribution in [0, 0.1) is 44.3 Å². The Morgan fingerprint density at radius 3 is 1.85 bits per heavy atom. The first kappa shape index (κ1) is 41.9. The highest BCUT2D eigenvalue weighted by molar-refractivity contribution is 5.82. The zero-order valence-electron chi connectivity index (χ0n) is 33.8. The molecule has 0 aromatic rings. The molecule has 7 aliphatic rings. The summed E-state index contributed by atoms with van der Waals surface area (Å²) in [5, 5.41) is 82.7. The Morgan fingerprint density at radius 1 is 0.655 bits per heavy atom. The van der Waals surface area contributed by atoms with Crippen LogP contribution in [0.15, 0.2) is 11.1 Å². The van der Waals surface area contributed by atoms with Gasteiger partial charge in [-0.15, -0.1) is 0 Å². The summed E-state index contributed by atoms with van der Waals surface area (Å²) in [5.74, 6) is 0.217. The van der Waals surface area contributed by atoms with Gasteiger partial charge < -0.3 is 59.8 Å². The minimum Gasteiger partial charge on any atom is -0.432 e. The number of hydrogen-bond donors (Lipinski definition) is 8. The number of allylic oxidation sites excluding steroid dienone is 1. The van der Waals surface area contributed by atoms with Crippen LogP contribution in [0.25, 0.3) is 0 Å². The zero-order chi connectivity index (χ0) is 40.3. The summed E-state index contributed by atoms with van der Waals surface area (Å²) in [5.41, 5.74) is 1.05. The lowest BCUT2D eigenvalue weighted by molar-refractivity contribution is -0.330. The topological polar surface area (TPSA) is 216 Å². The van der Waals surface area contributed by atoms with Crippen LogP contribution in [0.4, 0.5) is 0 Å². The van der Waals surface area contributed by atoms with Gasteiger partial charge in [-0.25, -0.2) is 0 Å². The average Bonchev–Trinajstić information content (AvgIpc) is 3.13. The summed E-state index contributed by atoms with van der Waals surface area (Å²) in [6.07, 6.45) is -5.34. The molecule has 2 heterocycles. The fraction of sp³-hybridized carbons (Fsp3) is 0.929. The Balaban J connectivity index is 1.16. The van der Waals surface area contributed by atoms with Crippen molar-refractivity contribution in [3.8, 4) is 0 Å². The Labute approximate surface area is 325 Å². The fourth-order valence-corrected chi connectivity index (χ4v) is 13.5. The lowest BCUT2D eigenvalue weighted by atomic mass is 9.34. The molecule has 17 atom stereocenters. The number of ether oxygens (including phenoxy) is 4. The van der Waals surface area contributed by atoms with E-state index in [2.05, 4.69) is 48.5 Å². The van der Waals surface area contributed by atoms with E-state index in [1.54, 1.807) is 0 Å². The highest BCUT2D eigenvalue weighted by atomic mass is 16.7. The summed E-state index contributed by atoms with van der Waals surface area (Å²) < 4.78 is 23.9. The minimum absolute atomic E-state index is 0.0205. The highest BCUT2D eigenvalue weighted by Gasteiger charge is 2.69. The van der Waals surface area contributed by atoms with Gasteiger partial charge in [0.15, 0.2) is 6.29 Å². The number of hydrogen-bond acceptors (Lipinski definition) is 13. The molecule has 55 heavy (non-hydrogen) atoms. The van der Waals surface area contributed by atoms with Crippen molar-refractivity contribution in [1.82, 2.24) is 0 Å². The maximum Gasteiger partial charge on any atom is 0.318 e. The molecule has 6 fully saturated rings. The van der Waals surface area contributed by atoms with Crippen LogP contribution in [-0.2, 0) is 23.7 Å². The number of aliphatic hydroxyl groups is 8. The molecule has 2 saturated heterocycles. The van der Waals surface area contributed by atoms with E-state index in [1.807, 2.05) is 0 Å². The third kappa shape index (κ3) is 6.23. The molecule has 0 amide bonds. The highest BCUT2D eigenvalue weighted by Crippen LogP contribution is 2.76. The van der Waals surface area contributed by atoms with E-state index < -0.39 is 86.0 Å². The van der Waals surface area contributed by atoms with Crippen molar-refractivity contribution in [2.24, 2.45) is 44.3 Å². The molecule has 0 spiro atoms. The molecule has 0 aromatic carbocycles. The largest absolute Gasteiger partial charge is 0.432 e. The Hall–Kier alpha value is -1.23. The van der Waals surface area contributed by atoms with E-state index in [9.17, 15) is 45.6 Å². The molecular weight excluding hydrogens is 712 g/mol. The van der Waals surface area contributed by atoms with E-state index in [4.69, 9.17) is 18.9 Å². The molecule has 0 bridgehead atoms. The van der Waals surface area contributed by atoms with Crippen molar-refractivity contribution in [3.63, 3.8) is 0 Å². The zero-order valence-corrected chi connectivity index (χ0v) is 33.8. The van der Waals surface area contributed by atoms with Gasteiger partial charge in [0.05, 0.1) is 24.7 Å². The maximum atomic E-state index is 14.5. The molecule has 5 aliphatic carbocycles. The predicted octanol–water partition coefficient (Wildman–Crippen LogP) is 2.46. The van der Waals surface area contributed by atoms with Crippen molar-refractivity contribution in [1.29, 1.82) is 0 Å². The molecule has 7 rings (SSSR count). The molecule has 4 saturated carbocycles. The summed E-state index contributed by atoms with van der Waals surface area (Å²) in [7, 11) is 0. The summed E-state index contributed by atoms with van der Waals surface area (Å²) in [6.45, 7) is 15.3. The van der Waals surface area contributed by atoms with Gasteiger partial charge in [-0.05, 0) is 110 Å². The van der Waals surface area contributed by atoms with Gasteiger partial charge in [0, 0.05) is 0 Å². The molecule has 8 N–H and O–H groups in total. The van der Waals surface area contributed by atoms with Crippen LogP contribution in [0.2, 0.25) is 0 Å². The van der Waals surface area contributed by atoms with Gasteiger partial charge in [-0.1, -0.05) is 59.6 Å². The second-order valence-corrected chi connectivity index (χ2v) is 20.6. The second kappa shape index (κ2) is 14.2. The van der Waals surface area contributed by atoms with E-state index in [0.717, 1.165) is 63.4 Å². The normalized spacial score (nSPS) is 51.9. The Morgan fingerprint density at radius 2 is 1.24 bits per heavy atom. The molecule has 13 heteroatoms. The SMILES string of the molecule is CC1(C)CC[C@]2(C(=O)O[C@@H]3O[C@H](CO)[C@@H](O)[C@H](O)[C@H]3O)CC[C@]3(C)C(=C2C1)CC[C@@H]1[C@@]2(C)CC[C@H](O[C@@H]4O[C@H](CO)[C@@H](O)[C@H](O)[C@H]4O)C(C)(C)[C@@H]2CC[C@]13C. The monoisotopic (exact) mass is 780 g/mol. The maximum absolute atomic E-state index is 14.5. The van der Waals surface area contributed by atoms with Gasteiger partial charge in [-0.3, -0.25) is 4.79 Å². The first-order valence-electron chi connectivity index (χ1n) is 20.8. The van der Waals surface area contributed by atoms with Crippen molar-refractivity contribution in [2.45, 2.75) is 187 Å². The van der Waals surface area contributed by atoms with E-state index in [-0.39, 0.29) is 33.2 Å². The van der Waals surface area contributed by atoms with Crippen molar-refractivity contribution in [3.05, 3.63) is 11.1 Å². The first-order chi connectivity index (χ1) is 25.6. The van der Waals surface area contributed by atoms with Crippen LogP contribution in [0.1, 0.15) is 119 Å². The van der Waals surface area contributed by atoms with Crippen LogP contribution in [0.5, 0.6) is 0 Å². The second-order valence-electron chi connectivity index (χ2n) is 20.6. The van der Waals surface area contributed by atoms with Crippen LogP contribution in [0.3, 0.4) is 0 Å². The lowest BCUT2D eigenvalue weighted by Gasteiger charge is -2.71. The van der Waals surface area contributed by atoms with Gasteiger partial charge in [0.2, 0.25) is 6.29 Å². The van der Waals surface area contributed by atoms with Crippen LogP contribution < -0.4 is 0 Å². The molecular formula is C42H68O13. The van der Waals surface area contributed by atoms with Crippen LogP contribution in [-0.4, -0.2) is 128 Å². The number of carbonyl (C=O) groups excluding carboxylic acids is 1. The number of carbonyl (C=O) groups is 1. The van der Waals surface area contributed by atoms with Crippen LogP contribution >= 0.6 is 0 Å². The fourth-order valence-electron chi connectivity index (χ4n) is 13.5. The third-order valence-corrected chi connectivity index (χ3v) is 17.1. The molecule has 13 nitrogen and oxygen atoms in total. The average molecular weight is 781 g/mol.